The molecule has 0 radical (unpaired) electrons. The fraction of sp³-hybridized carbons (Fsp3) is 0.0556. The number of ether oxygens (including phenoxy) is 1. The van der Waals surface area contributed by atoms with Gasteiger partial charge in [0, 0.05) is 17.1 Å². The molecule has 1 aromatic heterocycles. The first-order valence-corrected chi connectivity index (χ1v) is 10.4. The summed E-state index contributed by atoms with van der Waals surface area (Å²) >= 11 is 7.18. The topological polar surface area (TPSA) is 116 Å². The van der Waals surface area contributed by atoms with Crippen molar-refractivity contribution < 1.29 is 13.2 Å². The van der Waals surface area contributed by atoms with E-state index in [2.05, 4.69) is 9.71 Å². The fourth-order valence-corrected chi connectivity index (χ4v) is 4.35. The van der Waals surface area contributed by atoms with Gasteiger partial charge in [-0.1, -0.05) is 11.6 Å². The van der Waals surface area contributed by atoms with Crippen molar-refractivity contribution in [2.45, 2.75) is 11.8 Å². The van der Waals surface area contributed by atoms with E-state index in [4.69, 9.17) is 21.6 Å². The molecule has 2 aromatic carbocycles. The Hall–Kier alpha value is -3.11. The summed E-state index contributed by atoms with van der Waals surface area (Å²) in [5, 5.41) is 18.8. The van der Waals surface area contributed by atoms with Gasteiger partial charge in [0.15, 0.2) is 5.13 Å². The second-order valence-electron chi connectivity index (χ2n) is 5.51. The molecular formula is C18H11ClN4O3S2. The van der Waals surface area contributed by atoms with Crippen LogP contribution in [0.5, 0.6) is 11.5 Å². The molecule has 0 aliphatic heterocycles. The highest BCUT2D eigenvalue weighted by Crippen LogP contribution is 2.30. The number of rotatable bonds is 5. The molecular weight excluding hydrogens is 420 g/mol. The van der Waals surface area contributed by atoms with Crippen LogP contribution in [0.3, 0.4) is 0 Å². The van der Waals surface area contributed by atoms with E-state index >= 15 is 0 Å². The molecule has 0 saturated heterocycles. The van der Waals surface area contributed by atoms with E-state index in [1.54, 1.807) is 6.20 Å². The second-order valence-corrected chi connectivity index (χ2v) is 8.83. The normalized spacial score (nSPS) is 10.7. The minimum Gasteiger partial charge on any atom is -0.456 e. The third-order valence-corrected chi connectivity index (χ3v) is 6.12. The predicted octanol–water partition coefficient (Wildman–Crippen LogP) is 4.44. The fourth-order valence-electron chi connectivity index (χ4n) is 2.21. The standard InChI is InChI=1S/C18H11ClN4O3S2/c1-11-10-22-18(27-11)23-28(24,25)15-4-5-17(13(6-15)9-21)26-14-3-2-12(8-20)16(19)7-14/h2-7,10H,1H3,(H,22,23). The van der Waals surface area contributed by atoms with Gasteiger partial charge in [-0.05, 0) is 37.3 Å². The van der Waals surface area contributed by atoms with E-state index in [1.807, 2.05) is 19.1 Å². The molecule has 28 heavy (non-hydrogen) atoms. The molecule has 7 nitrogen and oxygen atoms in total. The maximum atomic E-state index is 12.5. The zero-order chi connectivity index (χ0) is 20.3. The van der Waals surface area contributed by atoms with Gasteiger partial charge in [-0.3, -0.25) is 4.72 Å². The lowest BCUT2D eigenvalue weighted by Gasteiger charge is -2.10. The largest absolute Gasteiger partial charge is 0.456 e. The summed E-state index contributed by atoms with van der Waals surface area (Å²) in [5.74, 6) is 0.472. The molecule has 0 saturated carbocycles. The molecule has 0 aliphatic carbocycles. The van der Waals surface area contributed by atoms with Gasteiger partial charge >= 0.3 is 0 Å². The zero-order valence-corrected chi connectivity index (χ0v) is 16.7. The van der Waals surface area contributed by atoms with E-state index in [9.17, 15) is 13.7 Å². The van der Waals surface area contributed by atoms with Crippen LogP contribution in [0.25, 0.3) is 0 Å². The molecule has 3 aromatic rings. The number of halogens is 1. The Balaban J connectivity index is 1.89. The van der Waals surface area contributed by atoms with Crippen molar-refractivity contribution in [2.75, 3.05) is 4.72 Å². The molecule has 1 heterocycles. The number of hydrogen-bond donors (Lipinski definition) is 1. The van der Waals surface area contributed by atoms with Gasteiger partial charge in [-0.2, -0.15) is 10.5 Å². The number of thiazole rings is 1. The molecule has 10 heteroatoms. The van der Waals surface area contributed by atoms with Crippen LogP contribution in [0.4, 0.5) is 5.13 Å². The number of nitriles is 2. The Morgan fingerprint density at radius 3 is 2.50 bits per heavy atom. The van der Waals surface area contributed by atoms with Crippen molar-refractivity contribution in [1.82, 2.24) is 4.98 Å². The maximum Gasteiger partial charge on any atom is 0.263 e. The van der Waals surface area contributed by atoms with Crippen molar-refractivity contribution >= 4 is 38.1 Å². The van der Waals surface area contributed by atoms with Gasteiger partial charge in [-0.15, -0.1) is 11.3 Å². The Morgan fingerprint density at radius 2 is 1.89 bits per heavy atom. The van der Waals surface area contributed by atoms with Crippen LogP contribution in [0.15, 0.2) is 47.5 Å². The van der Waals surface area contributed by atoms with Crippen LogP contribution in [-0.4, -0.2) is 13.4 Å². The Kier molecular flexibility index (Phi) is 5.52. The summed E-state index contributed by atoms with van der Waals surface area (Å²) < 4.78 is 33.0. The number of aryl methyl sites for hydroxylation is 1. The van der Waals surface area contributed by atoms with Crippen LogP contribution in [0.2, 0.25) is 5.02 Å². The number of anilines is 1. The van der Waals surface area contributed by atoms with Crippen LogP contribution in [0.1, 0.15) is 16.0 Å². The Labute approximate surface area is 170 Å². The van der Waals surface area contributed by atoms with Gasteiger partial charge in [0.05, 0.1) is 21.0 Å². The van der Waals surface area contributed by atoms with E-state index in [-0.39, 0.29) is 26.4 Å². The first kappa shape index (κ1) is 19.6. The molecule has 0 amide bonds. The highest BCUT2D eigenvalue weighted by molar-refractivity contribution is 7.93. The lowest BCUT2D eigenvalue weighted by molar-refractivity contribution is 0.480. The van der Waals surface area contributed by atoms with E-state index < -0.39 is 10.0 Å². The van der Waals surface area contributed by atoms with Crippen molar-refractivity contribution in [2.24, 2.45) is 0 Å². The van der Waals surface area contributed by atoms with Crippen LogP contribution in [0, 0.1) is 29.6 Å². The highest BCUT2D eigenvalue weighted by atomic mass is 35.5. The molecule has 0 atom stereocenters. The van der Waals surface area contributed by atoms with Gasteiger partial charge in [0.1, 0.15) is 23.6 Å². The third kappa shape index (κ3) is 4.24. The van der Waals surface area contributed by atoms with E-state index in [0.717, 1.165) is 4.88 Å². The summed E-state index contributed by atoms with van der Waals surface area (Å²) in [6.45, 7) is 1.81. The first-order chi connectivity index (χ1) is 13.3. The number of hydrogen-bond acceptors (Lipinski definition) is 7. The average Bonchev–Trinajstić information content (AvgIpc) is 3.06. The molecule has 0 fully saturated rings. The van der Waals surface area contributed by atoms with Gasteiger partial charge in [-0.25, -0.2) is 13.4 Å². The zero-order valence-electron chi connectivity index (χ0n) is 14.3. The average molecular weight is 431 g/mol. The highest BCUT2D eigenvalue weighted by Gasteiger charge is 2.19. The quantitative estimate of drug-likeness (QED) is 0.639. The SMILES string of the molecule is Cc1cnc(NS(=O)(=O)c2ccc(Oc3ccc(C#N)c(Cl)c3)c(C#N)c2)s1. The monoisotopic (exact) mass is 430 g/mol. The molecule has 140 valence electrons. The third-order valence-electron chi connectivity index (χ3n) is 3.51. The van der Waals surface area contributed by atoms with Crippen LogP contribution < -0.4 is 9.46 Å². The Bertz CT molecular complexity index is 1240. The van der Waals surface area contributed by atoms with Crippen molar-refractivity contribution in [3.05, 3.63) is 63.6 Å². The molecule has 0 spiro atoms. The van der Waals surface area contributed by atoms with E-state index in [1.165, 1.54) is 47.7 Å². The van der Waals surface area contributed by atoms with E-state index in [0.29, 0.717) is 11.3 Å². The first-order valence-electron chi connectivity index (χ1n) is 7.69. The number of benzene rings is 2. The molecule has 0 aliphatic rings. The lowest BCUT2D eigenvalue weighted by atomic mass is 10.2. The molecule has 0 unspecified atom stereocenters. The van der Waals surface area contributed by atoms with Gasteiger partial charge in [0.25, 0.3) is 10.0 Å². The van der Waals surface area contributed by atoms with Gasteiger partial charge < -0.3 is 4.74 Å². The van der Waals surface area contributed by atoms with Crippen LogP contribution >= 0.6 is 22.9 Å². The Morgan fingerprint density at radius 1 is 1.14 bits per heavy atom. The lowest BCUT2D eigenvalue weighted by Crippen LogP contribution is -2.13. The van der Waals surface area contributed by atoms with Crippen LogP contribution in [-0.2, 0) is 10.0 Å². The smallest absolute Gasteiger partial charge is 0.263 e. The molecule has 1 N–H and O–H groups in total. The molecule has 0 bridgehead atoms. The van der Waals surface area contributed by atoms with Crippen molar-refractivity contribution in [1.29, 1.82) is 10.5 Å². The summed E-state index contributed by atoms with van der Waals surface area (Å²) in [5.41, 5.74) is 0.318. The summed E-state index contributed by atoms with van der Waals surface area (Å²) in [7, 11) is -3.90. The maximum absolute atomic E-state index is 12.5. The number of nitrogens with zero attached hydrogens (tertiary/aromatic N) is 3. The summed E-state index contributed by atoms with van der Waals surface area (Å²) in [6.07, 6.45) is 1.56. The van der Waals surface area contributed by atoms with Crippen molar-refractivity contribution in [3.63, 3.8) is 0 Å². The summed E-state index contributed by atoms with van der Waals surface area (Å²) in [6, 6.07) is 12.2. The van der Waals surface area contributed by atoms with Gasteiger partial charge in [0.2, 0.25) is 0 Å². The number of aromatic nitrogens is 1. The minimum absolute atomic E-state index is 0.0266. The minimum atomic E-state index is -3.90. The predicted molar refractivity (Wildman–Crippen MR) is 105 cm³/mol. The molecule has 3 rings (SSSR count). The summed E-state index contributed by atoms with van der Waals surface area (Å²) in [4.78, 5) is 4.73. The second kappa shape index (κ2) is 7.87. The number of sulfonamides is 1. The van der Waals surface area contributed by atoms with Crippen molar-refractivity contribution in [3.8, 4) is 23.6 Å². The number of nitrogens with one attached hydrogen (secondary N) is 1.